The number of halogens is 1. The van der Waals surface area contributed by atoms with Gasteiger partial charge in [0.2, 0.25) is 5.91 Å². The van der Waals surface area contributed by atoms with E-state index >= 15 is 0 Å². The lowest BCUT2D eigenvalue weighted by atomic mass is 9.88. The molecule has 2 aliphatic rings. The largest absolute Gasteiger partial charge is 0.354 e. The molecule has 1 atom stereocenters. The molecule has 0 saturated heterocycles. The van der Waals surface area contributed by atoms with Crippen LogP contribution in [-0.2, 0) is 4.79 Å². The highest BCUT2D eigenvalue weighted by Gasteiger charge is 2.41. The molecule has 2 saturated carbocycles. The van der Waals surface area contributed by atoms with Gasteiger partial charge in [-0.25, -0.2) is 0 Å². The van der Waals surface area contributed by atoms with E-state index < -0.39 is 0 Å². The monoisotopic (exact) mass is 510 g/mol. The lowest BCUT2D eigenvalue weighted by molar-refractivity contribution is -0.128. The first-order chi connectivity index (χ1) is 14.1. The summed E-state index contributed by atoms with van der Waals surface area (Å²) in [5, 5.41) is 3.17. The van der Waals surface area contributed by atoms with Gasteiger partial charge >= 0.3 is 0 Å². The van der Waals surface area contributed by atoms with Crippen molar-refractivity contribution in [2.45, 2.75) is 89.6 Å². The molecule has 4 nitrogen and oxygen atoms in total. The Morgan fingerprint density at radius 2 is 1.72 bits per heavy atom. The quantitative estimate of drug-likeness (QED) is 0.369. The zero-order chi connectivity index (χ0) is 20.6. The molecule has 1 unspecified atom stereocenters. The number of carbonyl (C=O) groups is 2. The summed E-state index contributed by atoms with van der Waals surface area (Å²) < 4.78 is 0.965. The smallest absolute Gasteiger partial charge is 0.255 e. The van der Waals surface area contributed by atoms with Crippen molar-refractivity contribution in [3.63, 3.8) is 0 Å². The van der Waals surface area contributed by atoms with Gasteiger partial charge < -0.3 is 10.2 Å². The van der Waals surface area contributed by atoms with Crippen LogP contribution in [0.1, 0.15) is 87.9 Å². The van der Waals surface area contributed by atoms with Crippen LogP contribution < -0.4 is 5.32 Å². The molecular formula is C24H35IN2O2. The maximum absolute atomic E-state index is 13.8. The molecule has 0 radical (unpaired) electrons. The molecule has 0 aliphatic heterocycles. The summed E-state index contributed by atoms with van der Waals surface area (Å²) in [6.07, 6.45) is 12.0. The standard InChI is InChI=1S/C24H35IN2O2/c1-2-3-17-26-23(28)22(18-11-7-8-12-18)27(19-13-5-4-6-14-19)24(29)20-15-9-10-16-21(20)25/h9-10,15-16,18-19,22H,2-8,11-14,17H2,1H3,(H,26,28). The fraction of sp³-hybridized carbons (Fsp3) is 0.667. The van der Waals surface area contributed by atoms with E-state index in [2.05, 4.69) is 34.8 Å². The SMILES string of the molecule is CCCCNC(=O)C(C1CCCC1)N(C(=O)c1ccccc1I)C1CCCCC1. The van der Waals surface area contributed by atoms with Gasteiger partial charge in [0.05, 0.1) is 5.56 Å². The van der Waals surface area contributed by atoms with Crippen molar-refractivity contribution in [1.82, 2.24) is 10.2 Å². The van der Waals surface area contributed by atoms with E-state index in [4.69, 9.17) is 0 Å². The van der Waals surface area contributed by atoms with Crippen molar-refractivity contribution in [3.05, 3.63) is 33.4 Å². The maximum Gasteiger partial charge on any atom is 0.255 e. The molecule has 2 amide bonds. The highest BCUT2D eigenvalue weighted by Crippen LogP contribution is 2.35. The second-order valence-electron chi connectivity index (χ2n) is 8.62. The Labute approximate surface area is 189 Å². The first kappa shape index (κ1) is 22.6. The fourth-order valence-corrected chi connectivity index (χ4v) is 5.60. The van der Waals surface area contributed by atoms with Crippen molar-refractivity contribution in [2.75, 3.05) is 6.54 Å². The molecule has 0 spiro atoms. The summed E-state index contributed by atoms with van der Waals surface area (Å²) in [5.41, 5.74) is 0.739. The Kier molecular flexibility index (Phi) is 8.82. The van der Waals surface area contributed by atoms with E-state index in [1.54, 1.807) is 0 Å². The van der Waals surface area contributed by atoms with Crippen molar-refractivity contribution in [2.24, 2.45) is 5.92 Å². The van der Waals surface area contributed by atoms with E-state index in [9.17, 15) is 9.59 Å². The van der Waals surface area contributed by atoms with Crippen LogP contribution in [0.3, 0.4) is 0 Å². The number of hydrogen-bond acceptors (Lipinski definition) is 2. The van der Waals surface area contributed by atoms with E-state index in [1.807, 2.05) is 29.2 Å². The Bertz CT molecular complexity index is 681. The number of nitrogens with zero attached hydrogens (tertiary/aromatic N) is 1. The summed E-state index contributed by atoms with van der Waals surface area (Å²) in [6.45, 7) is 2.84. The van der Waals surface area contributed by atoms with Crippen LogP contribution >= 0.6 is 22.6 Å². The summed E-state index contributed by atoms with van der Waals surface area (Å²) in [6, 6.07) is 7.64. The first-order valence-corrected chi connectivity index (χ1v) is 12.6. The average molecular weight is 510 g/mol. The number of rotatable bonds is 8. The molecule has 3 rings (SSSR count). The van der Waals surface area contributed by atoms with Crippen molar-refractivity contribution in [1.29, 1.82) is 0 Å². The normalized spacial score (nSPS) is 19.1. The second-order valence-corrected chi connectivity index (χ2v) is 9.78. The van der Waals surface area contributed by atoms with E-state index in [0.29, 0.717) is 6.54 Å². The van der Waals surface area contributed by atoms with Gasteiger partial charge in [-0.2, -0.15) is 0 Å². The second kappa shape index (κ2) is 11.3. The molecule has 2 aliphatic carbocycles. The summed E-state index contributed by atoms with van der Waals surface area (Å²) in [5.74, 6) is 0.392. The van der Waals surface area contributed by atoms with Crippen LogP contribution in [-0.4, -0.2) is 35.3 Å². The number of unbranched alkanes of at least 4 members (excludes halogenated alkanes) is 1. The van der Waals surface area contributed by atoms with Crippen molar-refractivity contribution >= 4 is 34.4 Å². The topological polar surface area (TPSA) is 49.4 Å². The van der Waals surface area contributed by atoms with Crippen LogP contribution in [0.5, 0.6) is 0 Å². The molecule has 2 fully saturated rings. The van der Waals surface area contributed by atoms with Gasteiger partial charge in [-0.05, 0) is 72.7 Å². The third-order valence-electron chi connectivity index (χ3n) is 6.55. The predicted molar refractivity (Wildman–Crippen MR) is 126 cm³/mol. The number of benzene rings is 1. The third kappa shape index (κ3) is 5.74. The highest BCUT2D eigenvalue weighted by atomic mass is 127. The van der Waals surface area contributed by atoms with Gasteiger partial charge in [0.15, 0.2) is 0 Å². The van der Waals surface area contributed by atoms with Gasteiger partial charge in [0.25, 0.3) is 5.91 Å². The molecule has 0 heterocycles. The maximum atomic E-state index is 13.8. The van der Waals surface area contributed by atoms with Crippen LogP contribution in [0.4, 0.5) is 0 Å². The fourth-order valence-electron chi connectivity index (χ4n) is 4.99. The molecule has 5 heteroatoms. The van der Waals surface area contributed by atoms with Crippen molar-refractivity contribution in [3.8, 4) is 0 Å². The molecule has 1 aromatic carbocycles. The van der Waals surface area contributed by atoms with Crippen LogP contribution in [0.25, 0.3) is 0 Å². The summed E-state index contributed by atoms with van der Waals surface area (Å²) in [7, 11) is 0. The van der Waals surface area contributed by atoms with E-state index in [1.165, 1.54) is 19.3 Å². The van der Waals surface area contributed by atoms with Gasteiger partial charge in [0, 0.05) is 16.2 Å². The Morgan fingerprint density at radius 1 is 1.07 bits per heavy atom. The summed E-state index contributed by atoms with van der Waals surface area (Å²) in [4.78, 5) is 29.3. The zero-order valence-corrected chi connectivity index (χ0v) is 19.8. The summed E-state index contributed by atoms with van der Waals surface area (Å²) >= 11 is 2.25. The van der Waals surface area contributed by atoms with E-state index in [0.717, 1.165) is 60.5 Å². The number of hydrogen-bond donors (Lipinski definition) is 1. The Hall–Kier alpha value is -1.11. The predicted octanol–water partition coefficient (Wildman–Crippen LogP) is 5.54. The lowest BCUT2D eigenvalue weighted by Gasteiger charge is -2.42. The van der Waals surface area contributed by atoms with Gasteiger partial charge in [-0.15, -0.1) is 0 Å². The van der Waals surface area contributed by atoms with Crippen molar-refractivity contribution < 1.29 is 9.59 Å². The number of amides is 2. The highest BCUT2D eigenvalue weighted by molar-refractivity contribution is 14.1. The first-order valence-electron chi connectivity index (χ1n) is 11.5. The average Bonchev–Trinajstić information content (AvgIpc) is 3.27. The molecular weight excluding hydrogens is 475 g/mol. The zero-order valence-electron chi connectivity index (χ0n) is 17.7. The van der Waals surface area contributed by atoms with Gasteiger partial charge in [-0.1, -0.05) is 57.6 Å². The Balaban J connectivity index is 1.94. The molecule has 160 valence electrons. The minimum atomic E-state index is -0.332. The third-order valence-corrected chi connectivity index (χ3v) is 7.49. The van der Waals surface area contributed by atoms with Crippen LogP contribution in [0.2, 0.25) is 0 Å². The number of nitrogens with one attached hydrogen (secondary N) is 1. The molecule has 29 heavy (non-hydrogen) atoms. The molecule has 0 bridgehead atoms. The number of carbonyl (C=O) groups excluding carboxylic acids is 2. The minimum absolute atomic E-state index is 0.0458. The van der Waals surface area contributed by atoms with Crippen LogP contribution in [0.15, 0.2) is 24.3 Å². The van der Waals surface area contributed by atoms with Gasteiger partial charge in [-0.3, -0.25) is 9.59 Å². The lowest BCUT2D eigenvalue weighted by Crippen LogP contribution is -2.57. The van der Waals surface area contributed by atoms with E-state index in [-0.39, 0.29) is 29.8 Å². The minimum Gasteiger partial charge on any atom is -0.354 e. The van der Waals surface area contributed by atoms with Gasteiger partial charge in [0.1, 0.15) is 6.04 Å². The molecule has 1 aromatic rings. The molecule has 1 N–H and O–H groups in total. The Morgan fingerprint density at radius 3 is 2.38 bits per heavy atom. The molecule has 0 aromatic heterocycles. The van der Waals surface area contributed by atoms with Crippen LogP contribution in [0, 0.1) is 9.49 Å².